The molecule has 30 heavy (non-hydrogen) atoms. The smallest absolute Gasteiger partial charge is 0.247 e. The number of amides is 2. The number of carbonyl (C=O) groups is 2. The van der Waals surface area contributed by atoms with Gasteiger partial charge in [-0.25, -0.2) is 17.2 Å². The lowest BCUT2D eigenvalue weighted by Gasteiger charge is -2.28. The molecule has 160 valence electrons. The van der Waals surface area contributed by atoms with Gasteiger partial charge in [0.25, 0.3) is 0 Å². The molecule has 2 aromatic rings. The Morgan fingerprint density at radius 1 is 1.17 bits per heavy atom. The molecule has 1 fully saturated rings. The second-order valence-corrected chi connectivity index (χ2v) is 8.88. The van der Waals surface area contributed by atoms with E-state index in [-0.39, 0.29) is 11.6 Å². The first-order chi connectivity index (χ1) is 14.1. The van der Waals surface area contributed by atoms with Gasteiger partial charge < -0.3 is 10.2 Å². The highest BCUT2D eigenvalue weighted by molar-refractivity contribution is 7.92. The van der Waals surface area contributed by atoms with Crippen molar-refractivity contribution < 1.29 is 26.8 Å². The Morgan fingerprint density at radius 2 is 1.90 bits per heavy atom. The van der Waals surface area contributed by atoms with Crippen LogP contribution in [0.1, 0.15) is 19.8 Å². The van der Waals surface area contributed by atoms with Gasteiger partial charge in [-0.1, -0.05) is 6.07 Å². The zero-order valence-corrected chi connectivity index (χ0v) is 17.2. The SMILES string of the molecule is C[C@@H](C(=O)Nc1cccc(N2CCCC2=O)c1)N(c1ccc(F)c(F)c1)S(C)(=O)=O. The minimum absolute atomic E-state index is 0.00608. The molecule has 2 amide bonds. The molecule has 0 aromatic heterocycles. The number of hydrogen-bond donors (Lipinski definition) is 1. The number of sulfonamides is 1. The van der Waals surface area contributed by atoms with E-state index < -0.39 is 33.6 Å². The van der Waals surface area contributed by atoms with Gasteiger partial charge in [0.2, 0.25) is 21.8 Å². The first-order valence-corrected chi connectivity index (χ1v) is 11.1. The number of halogens is 2. The Balaban J connectivity index is 1.84. The van der Waals surface area contributed by atoms with E-state index in [0.29, 0.717) is 24.3 Å². The molecule has 7 nitrogen and oxygen atoms in total. The maximum Gasteiger partial charge on any atom is 0.247 e. The van der Waals surface area contributed by atoms with Crippen LogP contribution in [-0.2, 0) is 19.6 Å². The summed E-state index contributed by atoms with van der Waals surface area (Å²) in [6.45, 7) is 1.93. The molecule has 2 aromatic carbocycles. The first-order valence-electron chi connectivity index (χ1n) is 9.23. The monoisotopic (exact) mass is 437 g/mol. The number of carbonyl (C=O) groups excluding carboxylic acids is 2. The minimum atomic E-state index is -3.98. The van der Waals surface area contributed by atoms with Gasteiger partial charge in [0.05, 0.1) is 11.9 Å². The lowest BCUT2D eigenvalue weighted by atomic mass is 10.2. The summed E-state index contributed by atoms with van der Waals surface area (Å²) in [4.78, 5) is 26.3. The Bertz CT molecular complexity index is 1090. The zero-order chi connectivity index (χ0) is 22.1. The number of nitrogens with one attached hydrogen (secondary N) is 1. The van der Waals surface area contributed by atoms with Crippen LogP contribution in [0.3, 0.4) is 0 Å². The lowest BCUT2D eigenvalue weighted by Crippen LogP contribution is -2.45. The standard InChI is InChI=1S/C20H21F2N3O4S/c1-13(25(30(2,28)29)16-8-9-17(21)18(22)12-16)20(27)23-14-5-3-6-15(11-14)24-10-4-7-19(24)26/h3,5-6,8-9,11-13H,4,7,10H2,1-2H3,(H,23,27)/t13-/m0/s1. The number of rotatable bonds is 6. The van der Waals surface area contributed by atoms with Crippen LogP contribution in [-0.4, -0.2) is 39.1 Å². The highest BCUT2D eigenvalue weighted by atomic mass is 32.2. The Hall–Kier alpha value is -3.01. The fraction of sp³-hybridized carbons (Fsp3) is 0.300. The summed E-state index contributed by atoms with van der Waals surface area (Å²) >= 11 is 0. The molecule has 1 N–H and O–H groups in total. The second-order valence-electron chi connectivity index (χ2n) is 7.02. The highest BCUT2D eigenvalue weighted by Crippen LogP contribution is 2.26. The van der Waals surface area contributed by atoms with Crippen molar-refractivity contribution in [1.29, 1.82) is 0 Å². The summed E-state index contributed by atoms with van der Waals surface area (Å²) in [5, 5.41) is 2.62. The first kappa shape index (κ1) is 21.7. The molecule has 0 unspecified atom stereocenters. The van der Waals surface area contributed by atoms with E-state index in [2.05, 4.69) is 5.32 Å². The van der Waals surface area contributed by atoms with Crippen molar-refractivity contribution in [3.8, 4) is 0 Å². The predicted molar refractivity (Wildman–Crippen MR) is 110 cm³/mol. The maximum atomic E-state index is 13.6. The van der Waals surface area contributed by atoms with Crippen molar-refractivity contribution in [2.45, 2.75) is 25.8 Å². The third-order valence-electron chi connectivity index (χ3n) is 4.74. The Morgan fingerprint density at radius 3 is 2.50 bits per heavy atom. The van der Waals surface area contributed by atoms with E-state index in [1.807, 2.05) is 0 Å². The van der Waals surface area contributed by atoms with Crippen LogP contribution in [0.5, 0.6) is 0 Å². The van der Waals surface area contributed by atoms with Gasteiger partial charge in [-0.15, -0.1) is 0 Å². The molecule has 10 heteroatoms. The van der Waals surface area contributed by atoms with Crippen molar-refractivity contribution in [1.82, 2.24) is 0 Å². The number of nitrogens with zero attached hydrogens (tertiary/aromatic N) is 2. The van der Waals surface area contributed by atoms with E-state index in [1.54, 1.807) is 29.2 Å². The largest absolute Gasteiger partial charge is 0.324 e. The summed E-state index contributed by atoms with van der Waals surface area (Å²) in [5.74, 6) is -3.03. The molecular weight excluding hydrogens is 416 g/mol. The third kappa shape index (κ3) is 4.59. The average molecular weight is 437 g/mol. The molecule has 0 bridgehead atoms. The Labute approximate surface area is 173 Å². The normalized spacial score (nSPS) is 15.2. The molecular formula is C20H21F2N3O4S. The van der Waals surface area contributed by atoms with Crippen LogP contribution in [0.15, 0.2) is 42.5 Å². The maximum absolute atomic E-state index is 13.6. The molecule has 0 aliphatic carbocycles. The van der Waals surface area contributed by atoms with Gasteiger partial charge in [-0.2, -0.15) is 0 Å². The molecule has 1 saturated heterocycles. The Kier molecular flexibility index (Phi) is 6.06. The molecule has 1 atom stereocenters. The van der Waals surface area contributed by atoms with Crippen molar-refractivity contribution in [2.75, 3.05) is 27.3 Å². The summed E-state index contributed by atoms with van der Waals surface area (Å²) in [7, 11) is -3.98. The van der Waals surface area contributed by atoms with Gasteiger partial charge in [-0.3, -0.25) is 13.9 Å². The van der Waals surface area contributed by atoms with Gasteiger partial charge in [0.1, 0.15) is 6.04 Å². The van der Waals surface area contributed by atoms with E-state index in [9.17, 15) is 26.8 Å². The van der Waals surface area contributed by atoms with Crippen LogP contribution in [0.4, 0.5) is 25.8 Å². The van der Waals surface area contributed by atoms with E-state index in [0.717, 1.165) is 35.2 Å². The summed E-state index contributed by atoms with van der Waals surface area (Å²) < 4.78 is 52.2. The van der Waals surface area contributed by atoms with Crippen LogP contribution in [0, 0.1) is 11.6 Å². The number of hydrogen-bond acceptors (Lipinski definition) is 4. The van der Waals surface area contributed by atoms with Crippen molar-refractivity contribution >= 4 is 38.9 Å². The topological polar surface area (TPSA) is 86.8 Å². The van der Waals surface area contributed by atoms with E-state index in [1.165, 1.54) is 6.92 Å². The highest BCUT2D eigenvalue weighted by Gasteiger charge is 2.30. The molecule has 0 radical (unpaired) electrons. The van der Waals surface area contributed by atoms with E-state index in [4.69, 9.17) is 0 Å². The van der Waals surface area contributed by atoms with Crippen molar-refractivity contribution in [3.63, 3.8) is 0 Å². The van der Waals surface area contributed by atoms with Crippen molar-refractivity contribution in [2.24, 2.45) is 0 Å². The van der Waals surface area contributed by atoms with Gasteiger partial charge in [0.15, 0.2) is 11.6 Å². The molecule has 0 saturated carbocycles. The van der Waals surface area contributed by atoms with E-state index >= 15 is 0 Å². The van der Waals surface area contributed by atoms with Crippen LogP contribution >= 0.6 is 0 Å². The van der Waals surface area contributed by atoms with Gasteiger partial charge in [-0.05, 0) is 43.7 Å². The van der Waals surface area contributed by atoms with Crippen LogP contribution in [0.25, 0.3) is 0 Å². The molecule has 0 spiro atoms. The predicted octanol–water partition coefficient (Wildman–Crippen LogP) is 2.88. The average Bonchev–Trinajstić information content (AvgIpc) is 3.10. The molecule has 1 heterocycles. The van der Waals surface area contributed by atoms with Crippen molar-refractivity contribution in [3.05, 3.63) is 54.1 Å². The summed E-state index contributed by atoms with van der Waals surface area (Å²) in [6.07, 6.45) is 2.09. The molecule has 1 aliphatic rings. The quantitative estimate of drug-likeness (QED) is 0.753. The second kappa shape index (κ2) is 8.39. The van der Waals surface area contributed by atoms with Gasteiger partial charge in [0, 0.05) is 30.4 Å². The summed E-state index contributed by atoms with van der Waals surface area (Å²) in [5.41, 5.74) is 0.835. The lowest BCUT2D eigenvalue weighted by molar-refractivity contribution is -0.117. The van der Waals surface area contributed by atoms with Gasteiger partial charge >= 0.3 is 0 Å². The third-order valence-corrected chi connectivity index (χ3v) is 5.99. The zero-order valence-electron chi connectivity index (χ0n) is 16.4. The number of anilines is 3. The van der Waals surface area contributed by atoms with Crippen LogP contribution in [0.2, 0.25) is 0 Å². The number of benzene rings is 2. The summed E-state index contributed by atoms with van der Waals surface area (Å²) in [6, 6.07) is 8.00. The minimum Gasteiger partial charge on any atom is -0.324 e. The van der Waals surface area contributed by atoms with Crippen LogP contribution < -0.4 is 14.5 Å². The fourth-order valence-corrected chi connectivity index (χ4v) is 4.52. The fourth-order valence-electron chi connectivity index (χ4n) is 3.35. The molecule has 1 aliphatic heterocycles. The molecule has 3 rings (SSSR count).